The highest BCUT2D eigenvalue weighted by Gasteiger charge is 2.20. The first-order chi connectivity index (χ1) is 12.0. The molecule has 3 aromatic heterocycles. The number of halogens is 1. The molecule has 130 valence electrons. The van der Waals surface area contributed by atoms with Gasteiger partial charge in [-0.25, -0.2) is 0 Å². The molecule has 0 unspecified atom stereocenters. The summed E-state index contributed by atoms with van der Waals surface area (Å²) in [5, 5.41) is 9.75. The summed E-state index contributed by atoms with van der Waals surface area (Å²) < 4.78 is 11.3. The van der Waals surface area contributed by atoms with E-state index in [1.807, 2.05) is 17.5 Å². The van der Waals surface area contributed by atoms with Crippen LogP contribution in [-0.2, 0) is 9.53 Å². The van der Waals surface area contributed by atoms with Gasteiger partial charge in [0.25, 0.3) is 11.8 Å². The van der Waals surface area contributed by atoms with Crippen molar-refractivity contribution in [3.05, 3.63) is 44.7 Å². The topological polar surface area (TPSA) is 82.3 Å². The average molecular weight is 397 g/mol. The van der Waals surface area contributed by atoms with E-state index in [1.165, 1.54) is 22.7 Å². The molecule has 0 amide bonds. The van der Waals surface area contributed by atoms with Gasteiger partial charge in [0, 0.05) is 6.42 Å². The number of aromatic nitrogens is 2. The van der Waals surface area contributed by atoms with E-state index in [-0.39, 0.29) is 24.5 Å². The molecular formula is C16H13ClN2O4S2. The van der Waals surface area contributed by atoms with E-state index in [2.05, 4.69) is 10.2 Å². The summed E-state index contributed by atoms with van der Waals surface area (Å²) in [6.45, 7) is 1.64. The standard InChI is InChI=1S/C16H13ClN2O4S2/c1-9(15-18-19-16(23-15)12-3-2-8-24-12)22-14(21)7-4-10(20)11-5-6-13(17)25-11/h2-3,5-6,8-9H,4,7H2,1H3/t9-/m0/s1. The molecule has 6 nitrogen and oxygen atoms in total. The van der Waals surface area contributed by atoms with Crippen LogP contribution in [0.4, 0.5) is 0 Å². The van der Waals surface area contributed by atoms with Crippen molar-refractivity contribution in [2.24, 2.45) is 0 Å². The maximum Gasteiger partial charge on any atom is 0.307 e. The Morgan fingerprint density at radius 2 is 2.12 bits per heavy atom. The fourth-order valence-electron chi connectivity index (χ4n) is 2.01. The molecule has 3 rings (SSSR count). The summed E-state index contributed by atoms with van der Waals surface area (Å²) in [5.41, 5.74) is 0. The Bertz CT molecular complexity index is 872. The lowest BCUT2D eigenvalue weighted by atomic mass is 10.2. The van der Waals surface area contributed by atoms with Gasteiger partial charge in [-0.2, -0.15) is 0 Å². The summed E-state index contributed by atoms with van der Waals surface area (Å²) >= 11 is 8.46. The molecule has 3 heterocycles. The fourth-order valence-corrected chi connectivity index (χ4v) is 3.66. The first-order valence-corrected chi connectivity index (χ1v) is 9.45. The lowest BCUT2D eigenvalue weighted by Gasteiger charge is -2.08. The molecule has 0 N–H and O–H groups in total. The van der Waals surface area contributed by atoms with Crippen LogP contribution in [0.2, 0.25) is 4.34 Å². The number of hydrogen-bond acceptors (Lipinski definition) is 8. The highest BCUT2D eigenvalue weighted by molar-refractivity contribution is 7.18. The van der Waals surface area contributed by atoms with Gasteiger partial charge in [-0.3, -0.25) is 9.59 Å². The van der Waals surface area contributed by atoms with E-state index < -0.39 is 12.1 Å². The predicted molar refractivity (Wildman–Crippen MR) is 95.0 cm³/mol. The number of rotatable bonds is 7. The number of nitrogens with zero attached hydrogens (tertiary/aromatic N) is 2. The number of thiophene rings is 2. The largest absolute Gasteiger partial charge is 0.453 e. The van der Waals surface area contributed by atoms with Crippen LogP contribution in [0.1, 0.15) is 41.4 Å². The Balaban J connectivity index is 1.51. The molecule has 0 aliphatic rings. The summed E-state index contributed by atoms with van der Waals surface area (Å²) in [6.07, 6.45) is -0.642. The molecular weight excluding hydrogens is 384 g/mol. The molecule has 0 spiro atoms. The second kappa shape index (κ2) is 7.90. The second-order valence-corrected chi connectivity index (χ2v) is 7.74. The van der Waals surface area contributed by atoms with Crippen LogP contribution in [0.25, 0.3) is 10.8 Å². The molecule has 0 bridgehead atoms. The third-order valence-electron chi connectivity index (χ3n) is 3.23. The maximum absolute atomic E-state index is 12.0. The van der Waals surface area contributed by atoms with Crippen molar-refractivity contribution in [3.63, 3.8) is 0 Å². The van der Waals surface area contributed by atoms with Crippen molar-refractivity contribution >= 4 is 46.0 Å². The predicted octanol–water partition coefficient (Wildman–Crippen LogP) is 4.78. The average Bonchev–Trinajstić information content (AvgIpc) is 3.32. The van der Waals surface area contributed by atoms with Gasteiger partial charge >= 0.3 is 5.97 Å². The first kappa shape index (κ1) is 17.8. The van der Waals surface area contributed by atoms with Gasteiger partial charge in [-0.05, 0) is 30.5 Å². The van der Waals surface area contributed by atoms with Crippen molar-refractivity contribution in [3.8, 4) is 10.8 Å². The molecule has 25 heavy (non-hydrogen) atoms. The highest BCUT2D eigenvalue weighted by Crippen LogP contribution is 2.26. The van der Waals surface area contributed by atoms with Crippen LogP contribution in [0.3, 0.4) is 0 Å². The Morgan fingerprint density at radius 1 is 1.28 bits per heavy atom. The summed E-state index contributed by atoms with van der Waals surface area (Å²) in [6, 6.07) is 7.04. The van der Waals surface area contributed by atoms with Crippen LogP contribution in [0.5, 0.6) is 0 Å². The zero-order valence-corrected chi connectivity index (χ0v) is 15.5. The quantitative estimate of drug-likeness (QED) is 0.422. The van der Waals surface area contributed by atoms with Crippen LogP contribution in [0.15, 0.2) is 34.1 Å². The summed E-state index contributed by atoms with van der Waals surface area (Å²) in [7, 11) is 0. The van der Waals surface area contributed by atoms with Crippen LogP contribution >= 0.6 is 34.3 Å². The van der Waals surface area contributed by atoms with Gasteiger partial charge in [0.2, 0.25) is 0 Å². The lowest BCUT2D eigenvalue weighted by Crippen LogP contribution is -2.11. The first-order valence-electron chi connectivity index (χ1n) is 7.38. The minimum atomic E-state index is -0.681. The van der Waals surface area contributed by atoms with Gasteiger partial charge in [-0.1, -0.05) is 17.7 Å². The minimum Gasteiger partial charge on any atom is -0.453 e. The van der Waals surface area contributed by atoms with Gasteiger partial charge in [0.05, 0.1) is 20.5 Å². The Kier molecular flexibility index (Phi) is 5.62. The SMILES string of the molecule is C[C@H](OC(=O)CCC(=O)c1ccc(Cl)s1)c1nnc(-c2cccs2)o1. The molecule has 9 heteroatoms. The van der Waals surface area contributed by atoms with Crippen molar-refractivity contribution in [1.82, 2.24) is 10.2 Å². The van der Waals surface area contributed by atoms with Gasteiger partial charge in [0.1, 0.15) is 0 Å². The van der Waals surface area contributed by atoms with E-state index in [4.69, 9.17) is 20.8 Å². The van der Waals surface area contributed by atoms with E-state index in [1.54, 1.807) is 19.1 Å². The maximum atomic E-state index is 12.0. The third-order valence-corrected chi connectivity index (χ3v) is 5.36. The zero-order valence-electron chi connectivity index (χ0n) is 13.1. The molecule has 0 aliphatic heterocycles. The minimum absolute atomic E-state index is 0.0232. The van der Waals surface area contributed by atoms with Gasteiger partial charge < -0.3 is 9.15 Å². The van der Waals surface area contributed by atoms with Gasteiger partial charge in [-0.15, -0.1) is 32.9 Å². The number of esters is 1. The lowest BCUT2D eigenvalue weighted by molar-refractivity contribution is -0.149. The van der Waals surface area contributed by atoms with E-state index in [0.29, 0.717) is 15.1 Å². The number of hydrogen-bond donors (Lipinski definition) is 0. The Hall–Kier alpha value is -2.03. The van der Waals surface area contributed by atoms with Crippen molar-refractivity contribution in [2.75, 3.05) is 0 Å². The number of ketones is 1. The number of ether oxygens (including phenoxy) is 1. The molecule has 0 radical (unpaired) electrons. The summed E-state index contributed by atoms with van der Waals surface area (Å²) in [5.74, 6) is -0.0376. The van der Waals surface area contributed by atoms with Crippen molar-refractivity contribution < 1.29 is 18.7 Å². The van der Waals surface area contributed by atoms with E-state index in [9.17, 15) is 9.59 Å². The molecule has 0 aromatic carbocycles. The fraction of sp³-hybridized carbons (Fsp3) is 0.250. The van der Waals surface area contributed by atoms with Crippen molar-refractivity contribution in [1.29, 1.82) is 0 Å². The van der Waals surface area contributed by atoms with Crippen LogP contribution in [-0.4, -0.2) is 21.9 Å². The molecule has 0 fully saturated rings. The van der Waals surface area contributed by atoms with Crippen LogP contribution in [0, 0.1) is 0 Å². The smallest absolute Gasteiger partial charge is 0.307 e. The van der Waals surface area contributed by atoms with Crippen LogP contribution < -0.4 is 0 Å². The normalized spacial score (nSPS) is 12.1. The molecule has 0 aliphatic carbocycles. The zero-order chi connectivity index (χ0) is 17.8. The molecule has 1 atom stereocenters. The molecule has 0 saturated heterocycles. The van der Waals surface area contributed by atoms with E-state index >= 15 is 0 Å². The van der Waals surface area contributed by atoms with Crippen molar-refractivity contribution in [2.45, 2.75) is 25.9 Å². The molecule has 3 aromatic rings. The van der Waals surface area contributed by atoms with E-state index in [0.717, 1.165) is 4.88 Å². The number of Topliss-reactive ketones (excluding diaryl/α,β-unsaturated/α-hetero) is 1. The third kappa shape index (κ3) is 4.53. The van der Waals surface area contributed by atoms with Gasteiger partial charge in [0.15, 0.2) is 11.9 Å². The Labute approximate surface area is 156 Å². The summed E-state index contributed by atoms with van der Waals surface area (Å²) in [4.78, 5) is 25.3. The molecule has 0 saturated carbocycles. The highest BCUT2D eigenvalue weighted by atomic mass is 35.5. The monoisotopic (exact) mass is 396 g/mol. The number of carbonyl (C=O) groups excluding carboxylic acids is 2. The Morgan fingerprint density at radius 3 is 2.80 bits per heavy atom. The number of carbonyl (C=O) groups is 2. The second-order valence-electron chi connectivity index (χ2n) is 5.08.